The number of hydrogen-bond acceptors (Lipinski definition) is 5. The number of anilines is 1. The smallest absolute Gasteiger partial charge is 0.312 e. The summed E-state index contributed by atoms with van der Waals surface area (Å²) in [6, 6.07) is 12.7. The Hall–Kier alpha value is -3.48. The number of aromatic nitrogens is 2. The molecule has 7 heteroatoms. The van der Waals surface area contributed by atoms with Crippen LogP contribution in [-0.4, -0.2) is 27.8 Å². The van der Waals surface area contributed by atoms with E-state index in [0.29, 0.717) is 22.2 Å². The first kappa shape index (κ1) is 20.3. The summed E-state index contributed by atoms with van der Waals surface area (Å²) in [7, 11) is 1.53. The molecule has 29 heavy (non-hydrogen) atoms. The van der Waals surface area contributed by atoms with E-state index in [4.69, 9.17) is 4.74 Å². The summed E-state index contributed by atoms with van der Waals surface area (Å²) >= 11 is 0. The number of hydrogen-bond donors (Lipinski definition) is 1. The van der Waals surface area contributed by atoms with Gasteiger partial charge in [0.05, 0.1) is 17.5 Å². The Labute approximate surface area is 168 Å². The lowest BCUT2D eigenvalue weighted by atomic mass is 10.1. The summed E-state index contributed by atoms with van der Waals surface area (Å²) in [6.45, 7) is 5.34. The Kier molecular flexibility index (Phi) is 5.77. The molecule has 0 aliphatic carbocycles. The Morgan fingerprint density at radius 1 is 1.14 bits per heavy atom. The second-order valence-electron chi connectivity index (χ2n) is 7.04. The van der Waals surface area contributed by atoms with Crippen molar-refractivity contribution in [1.82, 2.24) is 9.78 Å². The zero-order valence-electron chi connectivity index (χ0n) is 16.9. The average molecular weight is 393 g/mol. The van der Waals surface area contributed by atoms with E-state index in [1.54, 1.807) is 24.3 Å². The molecule has 1 heterocycles. The third kappa shape index (κ3) is 4.51. The first-order chi connectivity index (χ1) is 13.8. The number of benzene rings is 2. The second-order valence-corrected chi connectivity index (χ2v) is 7.04. The van der Waals surface area contributed by atoms with Gasteiger partial charge in [-0.3, -0.25) is 14.4 Å². The third-order valence-electron chi connectivity index (χ3n) is 4.67. The van der Waals surface area contributed by atoms with Crippen LogP contribution >= 0.6 is 0 Å². The molecule has 1 N–H and O–H groups in total. The molecule has 3 aromatic rings. The first-order valence-corrected chi connectivity index (χ1v) is 9.29. The number of carbonyl (C=O) groups is 2. The molecular weight excluding hydrogens is 370 g/mol. The normalized spacial score (nSPS) is 11.9. The summed E-state index contributed by atoms with van der Waals surface area (Å²) in [5.74, 6) is -1.00. The molecular formula is C22H23N3O4. The standard InChI is InChI=1S/C22H23N3O4/c1-13-9-10-14(2)18(11-13)23-21(27)15(3)29-20(26)12-19-16-7-5-6-8-17(16)22(28)25(4)24-19/h5-11,15H,12H2,1-4H3,(H,23,27)/t15-/m1/s1. The van der Waals surface area contributed by atoms with Gasteiger partial charge >= 0.3 is 5.97 Å². The molecule has 1 amide bonds. The molecule has 0 radical (unpaired) electrons. The van der Waals surface area contributed by atoms with Crippen LogP contribution in [0.2, 0.25) is 0 Å². The maximum Gasteiger partial charge on any atom is 0.312 e. The molecule has 0 spiro atoms. The van der Waals surface area contributed by atoms with Crippen molar-refractivity contribution in [2.45, 2.75) is 33.3 Å². The van der Waals surface area contributed by atoms with E-state index >= 15 is 0 Å². The van der Waals surface area contributed by atoms with Gasteiger partial charge in [0.1, 0.15) is 0 Å². The van der Waals surface area contributed by atoms with Gasteiger partial charge in [-0.25, -0.2) is 4.68 Å². The summed E-state index contributed by atoms with van der Waals surface area (Å²) < 4.78 is 6.50. The van der Waals surface area contributed by atoms with Gasteiger partial charge in [-0.15, -0.1) is 0 Å². The van der Waals surface area contributed by atoms with E-state index < -0.39 is 18.0 Å². The van der Waals surface area contributed by atoms with E-state index in [0.717, 1.165) is 11.1 Å². The maximum atomic E-state index is 12.4. The molecule has 0 saturated heterocycles. The SMILES string of the molecule is Cc1ccc(C)c(NC(=O)[C@@H](C)OC(=O)Cc2nn(C)c(=O)c3ccccc23)c1. The van der Waals surface area contributed by atoms with Gasteiger partial charge in [0, 0.05) is 18.1 Å². The summed E-state index contributed by atoms with van der Waals surface area (Å²) in [6.07, 6.45) is -1.11. The summed E-state index contributed by atoms with van der Waals surface area (Å²) in [5, 5.41) is 8.05. The Balaban J connectivity index is 1.71. The average Bonchev–Trinajstić information content (AvgIpc) is 2.68. The number of esters is 1. The minimum Gasteiger partial charge on any atom is -0.452 e. The highest BCUT2D eigenvalue weighted by molar-refractivity contribution is 5.96. The zero-order chi connectivity index (χ0) is 21.1. The van der Waals surface area contributed by atoms with Crippen molar-refractivity contribution < 1.29 is 14.3 Å². The van der Waals surface area contributed by atoms with Gasteiger partial charge in [-0.1, -0.05) is 30.3 Å². The van der Waals surface area contributed by atoms with Crippen molar-refractivity contribution in [2.75, 3.05) is 5.32 Å². The van der Waals surface area contributed by atoms with Gasteiger partial charge < -0.3 is 10.1 Å². The number of ether oxygens (including phenoxy) is 1. The number of carbonyl (C=O) groups excluding carboxylic acids is 2. The lowest BCUT2D eigenvalue weighted by molar-refractivity contribution is -0.152. The van der Waals surface area contributed by atoms with Gasteiger partial charge in [0.2, 0.25) is 0 Å². The number of nitrogens with one attached hydrogen (secondary N) is 1. The predicted molar refractivity (Wildman–Crippen MR) is 111 cm³/mol. The fraction of sp³-hybridized carbons (Fsp3) is 0.273. The minimum absolute atomic E-state index is 0.143. The van der Waals surface area contributed by atoms with Crippen LogP contribution in [0.4, 0.5) is 5.69 Å². The molecule has 0 bridgehead atoms. The van der Waals surface area contributed by atoms with Crippen molar-refractivity contribution in [3.05, 3.63) is 69.6 Å². The third-order valence-corrected chi connectivity index (χ3v) is 4.67. The van der Waals surface area contributed by atoms with E-state index in [9.17, 15) is 14.4 Å². The predicted octanol–water partition coefficient (Wildman–Crippen LogP) is 2.66. The molecule has 150 valence electrons. The van der Waals surface area contributed by atoms with E-state index in [1.807, 2.05) is 32.0 Å². The second kappa shape index (κ2) is 8.26. The number of rotatable bonds is 5. The molecule has 0 saturated carbocycles. The van der Waals surface area contributed by atoms with Gasteiger partial charge in [0.25, 0.3) is 11.5 Å². The van der Waals surface area contributed by atoms with Gasteiger partial charge in [-0.2, -0.15) is 5.10 Å². The zero-order valence-corrected chi connectivity index (χ0v) is 16.9. The summed E-state index contributed by atoms with van der Waals surface area (Å²) in [5.41, 5.74) is 2.81. The Morgan fingerprint density at radius 3 is 2.55 bits per heavy atom. The van der Waals surface area contributed by atoms with Crippen LogP contribution in [0.15, 0.2) is 47.3 Å². The van der Waals surface area contributed by atoms with Crippen LogP contribution in [0.1, 0.15) is 23.7 Å². The molecule has 0 aliphatic rings. The molecule has 1 aromatic heterocycles. The summed E-state index contributed by atoms with van der Waals surface area (Å²) in [4.78, 5) is 37.0. The number of amides is 1. The molecule has 0 unspecified atom stereocenters. The number of nitrogens with zero attached hydrogens (tertiary/aromatic N) is 2. The maximum absolute atomic E-state index is 12.4. The van der Waals surface area contributed by atoms with Crippen LogP contribution in [0, 0.1) is 13.8 Å². The fourth-order valence-corrected chi connectivity index (χ4v) is 3.04. The van der Waals surface area contributed by atoms with E-state index in [1.165, 1.54) is 18.7 Å². The highest BCUT2D eigenvalue weighted by Crippen LogP contribution is 2.17. The quantitative estimate of drug-likeness (QED) is 0.673. The number of aryl methyl sites for hydroxylation is 3. The fourth-order valence-electron chi connectivity index (χ4n) is 3.04. The van der Waals surface area contributed by atoms with Crippen LogP contribution in [0.3, 0.4) is 0 Å². The molecule has 2 aromatic carbocycles. The van der Waals surface area contributed by atoms with Crippen LogP contribution in [0.25, 0.3) is 10.8 Å². The van der Waals surface area contributed by atoms with Crippen molar-refractivity contribution in [1.29, 1.82) is 0 Å². The Bertz CT molecular complexity index is 1150. The van der Waals surface area contributed by atoms with Crippen molar-refractivity contribution in [3.8, 4) is 0 Å². The van der Waals surface area contributed by atoms with Crippen LogP contribution in [0.5, 0.6) is 0 Å². The molecule has 3 rings (SSSR count). The largest absolute Gasteiger partial charge is 0.452 e. The topological polar surface area (TPSA) is 90.3 Å². The molecule has 0 aliphatic heterocycles. The first-order valence-electron chi connectivity index (χ1n) is 9.29. The monoisotopic (exact) mass is 393 g/mol. The molecule has 0 fully saturated rings. The molecule has 1 atom stereocenters. The lowest BCUT2D eigenvalue weighted by Gasteiger charge is -2.15. The number of fused-ring (bicyclic) bond motifs is 1. The van der Waals surface area contributed by atoms with Crippen molar-refractivity contribution in [2.24, 2.45) is 7.05 Å². The van der Waals surface area contributed by atoms with Gasteiger partial charge in [-0.05, 0) is 44.0 Å². The highest BCUT2D eigenvalue weighted by Gasteiger charge is 2.20. The Morgan fingerprint density at radius 2 is 1.83 bits per heavy atom. The van der Waals surface area contributed by atoms with E-state index in [-0.39, 0.29) is 12.0 Å². The van der Waals surface area contributed by atoms with E-state index in [2.05, 4.69) is 10.4 Å². The van der Waals surface area contributed by atoms with Crippen LogP contribution < -0.4 is 10.9 Å². The van der Waals surface area contributed by atoms with Gasteiger partial charge in [0.15, 0.2) is 6.10 Å². The lowest BCUT2D eigenvalue weighted by Crippen LogP contribution is -2.31. The van der Waals surface area contributed by atoms with Crippen molar-refractivity contribution >= 4 is 28.3 Å². The highest BCUT2D eigenvalue weighted by atomic mass is 16.5. The van der Waals surface area contributed by atoms with Crippen molar-refractivity contribution in [3.63, 3.8) is 0 Å². The molecule has 7 nitrogen and oxygen atoms in total. The van der Waals surface area contributed by atoms with Crippen LogP contribution in [-0.2, 0) is 27.8 Å². The minimum atomic E-state index is -0.971.